The minimum atomic E-state index is -3.31. The van der Waals surface area contributed by atoms with E-state index < -0.39 is 30.0 Å². The Bertz CT molecular complexity index is 737. The molecule has 9 heteroatoms. The summed E-state index contributed by atoms with van der Waals surface area (Å²) in [5.74, 6) is -4.25. The fourth-order valence-electron chi connectivity index (χ4n) is 2.63. The van der Waals surface area contributed by atoms with E-state index in [4.69, 9.17) is 9.47 Å². The van der Waals surface area contributed by atoms with Crippen molar-refractivity contribution in [3.05, 3.63) is 35.0 Å². The number of esters is 1. The van der Waals surface area contributed by atoms with Crippen LogP contribution in [0, 0.1) is 0 Å². The summed E-state index contributed by atoms with van der Waals surface area (Å²) in [6, 6.07) is 4.08. The van der Waals surface area contributed by atoms with Crippen molar-refractivity contribution in [1.82, 2.24) is 15.4 Å². The number of rotatable bonds is 8. The Hall–Kier alpha value is -2.55. The quantitative estimate of drug-likeness (QED) is 0.693. The number of carbonyl (C=O) groups excluding carboxylic acids is 2. The maximum Gasteiger partial charge on any atom is 0.310 e. The summed E-state index contributed by atoms with van der Waals surface area (Å²) >= 11 is 0. The number of nitrogens with one attached hydrogen (secondary N) is 1. The van der Waals surface area contributed by atoms with Crippen LogP contribution in [-0.4, -0.2) is 48.7 Å². The van der Waals surface area contributed by atoms with E-state index >= 15 is 0 Å². The van der Waals surface area contributed by atoms with Gasteiger partial charge in [0.25, 0.3) is 5.91 Å². The molecule has 7 nitrogen and oxygen atoms in total. The number of halogens is 2. The zero-order valence-corrected chi connectivity index (χ0v) is 15.6. The molecular weight excluding hydrogens is 360 g/mol. The van der Waals surface area contributed by atoms with Gasteiger partial charge in [-0.2, -0.15) is 8.78 Å². The second kappa shape index (κ2) is 8.90. The van der Waals surface area contributed by atoms with Crippen molar-refractivity contribution in [2.24, 2.45) is 0 Å². The molecule has 1 amide bonds. The molecular formula is C18H23F2N3O4. The van der Waals surface area contributed by atoms with Crippen LogP contribution in [0.5, 0.6) is 5.88 Å². The number of amides is 1. The summed E-state index contributed by atoms with van der Waals surface area (Å²) < 4.78 is 38.6. The first-order valence-electron chi connectivity index (χ1n) is 8.57. The minimum absolute atomic E-state index is 0.0801. The van der Waals surface area contributed by atoms with Gasteiger partial charge in [-0.1, -0.05) is 11.6 Å². The molecule has 27 heavy (non-hydrogen) atoms. The van der Waals surface area contributed by atoms with Crippen LogP contribution in [0.1, 0.15) is 32.4 Å². The molecule has 0 saturated carbocycles. The van der Waals surface area contributed by atoms with Gasteiger partial charge in [-0.25, -0.2) is 10.4 Å². The Balaban J connectivity index is 2.04. The van der Waals surface area contributed by atoms with E-state index in [0.29, 0.717) is 6.42 Å². The standard InChI is InChI=1S/C18H23F2N3O4/c1-4-27-16(24)10-13-12(2)8-9-23(17(13)25)21-11-18(19,20)14-6-5-7-15(22-14)26-3/h5-7,21H,4,8-11H2,1-3H3. The van der Waals surface area contributed by atoms with Gasteiger partial charge in [-0.3, -0.25) is 14.6 Å². The predicted octanol–water partition coefficient (Wildman–Crippen LogP) is 2.19. The molecule has 2 heterocycles. The van der Waals surface area contributed by atoms with Crippen molar-refractivity contribution >= 4 is 11.9 Å². The molecule has 0 aromatic carbocycles. The molecule has 0 atom stereocenters. The molecule has 1 aliphatic rings. The van der Waals surface area contributed by atoms with Crippen molar-refractivity contribution in [3.8, 4) is 5.88 Å². The number of pyridine rings is 1. The molecule has 1 aromatic rings. The van der Waals surface area contributed by atoms with Crippen molar-refractivity contribution < 1.29 is 27.8 Å². The van der Waals surface area contributed by atoms with Gasteiger partial charge in [-0.05, 0) is 26.3 Å². The highest BCUT2D eigenvalue weighted by Crippen LogP contribution is 2.28. The molecule has 148 valence electrons. The monoisotopic (exact) mass is 383 g/mol. The number of hydrogen-bond acceptors (Lipinski definition) is 6. The third-order valence-corrected chi connectivity index (χ3v) is 4.15. The number of aromatic nitrogens is 1. The van der Waals surface area contributed by atoms with Gasteiger partial charge in [-0.15, -0.1) is 0 Å². The normalized spacial score (nSPS) is 15.1. The number of hydrogen-bond donors (Lipinski definition) is 1. The van der Waals surface area contributed by atoms with Crippen LogP contribution in [0.3, 0.4) is 0 Å². The van der Waals surface area contributed by atoms with E-state index in [1.165, 1.54) is 25.3 Å². The average molecular weight is 383 g/mol. The molecule has 1 aromatic heterocycles. The smallest absolute Gasteiger partial charge is 0.310 e. The lowest BCUT2D eigenvalue weighted by atomic mass is 9.99. The summed E-state index contributed by atoms with van der Waals surface area (Å²) in [5.41, 5.74) is 3.04. The number of alkyl halides is 2. The summed E-state index contributed by atoms with van der Waals surface area (Å²) in [6.45, 7) is 3.05. The van der Waals surface area contributed by atoms with Crippen LogP contribution in [-0.2, 0) is 20.2 Å². The molecule has 0 unspecified atom stereocenters. The van der Waals surface area contributed by atoms with Gasteiger partial charge >= 0.3 is 11.9 Å². The van der Waals surface area contributed by atoms with Gasteiger partial charge in [0.1, 0.15) is 5.69 Å². The highest BCUT2D eigenvalue weighted by atomic mass is 19.3. The van der Waals surface area contributed by atoms with Gasteiger partial charge in [0, 0.05) is 18.2 Å². The van der Waals surface area contributed by atoms with Crippen molar-refractivity contribution in [2.45, 2.75) is 32.6 Å². The summed E-state index contributed by atoms with van der Waals surface area (Å²) in [7, 11) is 1.34. The summed E-state index contributed by atoms with van der Waals surface area (Å²) in [6.07, 6.45) is 0.307. The molecule has 0 spiro atoms. The molecule has 0 fully saturated rings. The van der Waals surface area contributed by atoms with Crippen molar-refractivity contribution in [3.63, 3.8) is 0 Å². The first-order valence-corrected chi connectivity index (χ1v) is 8.57. The Morgan fingerprint density at radius 1 is 1.41 bits per heavy atom. The number of carbonyl (C=O) groups is 2. The predicted molar refractivity (Wildman–Crippen MR) is 93.0 cm³/mol. The zero-order valence-electron chi connectivity index (χ0n) is 15.6. The Kier molecular flexibility index (Phi) is 6.84. The van der Waals surface area contributed by atoms with Crippen LogP contribution >= 0.6 is 0 Å². The van der Waals surface area contributed by atoms with Crippen LogP contribution in [0.2, 0.25) is 0 Å². The van der Waals surface area contributed by atoms with Crippen LogP contribution < -0.4 is 10.2 Å². The van der Waals surface area contributed by atoms with E-state index in [0.717, 1.165) is 10.6 Å². The van der Waals surface area contributed by atoms with E-state index in [2.05, 4.69) is 10.4 Å². The van der Waals surface area contributed by atoms with Crippen LogP contribution in [0.25, 0.3) is 0 Å². The van der Waals surface area contributed by atoms with Crippen molar-refractivity contribution in [2.75, 3.05) is 26.8 Å². The third-order valence-electron chi connectivity index (χ3n) is 4.15. The molecule has 0 aliphatic carbocycles. The molecule has 1 aliphatic heterocycles. The average Bonchev–Trinajstić information content (AvgIpc) is 2.64. The topological polar surface area (TPSA) is 80.8 Å². The van der Waals surface area contributed by atoms with Gasteiger partial charge in [0.05, 0.1) is 26.7 Å². The van der Waals surface area contributed by atoms with Gasteiger partial charge in [0.2, 0.25) is 5.88 Å². The molecule has 0 bridgehead atoms. The van der Waals surface area contributed by atoms with Crippen molar-refractivity contribution in [1.29, 1.82) is 0 Å². The zero-order chi connectivity index (χ0) is 20.0. The maximum absolute atomic E-state index is 14.4. The van der Waals surface area contributed by atoms with Gasteiger partial charge < -0.3 is 9.47 Å². The molecule has 1 N–H and O–H groups in total. The molecule has 0 saturated heterocycles. The highest BCUT2D eigenvalue weighted by molar-refractivity contribution is 5.98. The lowest BCUT2D eigenvalue weighted by Gasteiger charge is -2.31. The van der Waals surface area contributed by atoms with E-state index in [1.54, 1.807) is 13.8 Å². The fraction of sp³-hybridized carbons (Fsp3) is 0.500. The molecule has 2 rings (SSSR count). The van der Waals surface area contributed by atoms with E-state index in [-0.39, 0.29) is 31.0 Å². The maximum atomic E-state index is 14.4. The van der Waals surface area contributed by atoms with Gasteiger partial charge in [0.15, 0.2) is 0 Å². The number of ether oxygens (including phenoxy) is 2. The Morgan fingerprint density at radius 2 is 2.15 bits per heavy atom. The lowest BCUT2D eigenvalue weighted by molar-refractivity contribution is -0.144. The Labute approximate surface area is 156 Å². The number of hydrazine groups is 1. The number of methoxy groups -OCH3 is 1. The highest BCUT2D eigenvalue weighted by Gasteiger charge is 2.36. The van der Waals surface area contributed by atoms with E-state index in [1.807, 2.05) is 0 Å². The second-order valence-corrected chi connectivity index (χ2v) is 6.05. The summed E-state index contributed by atoms with van der Waals surface area (Å²) in [5, 5.41) is 1.11. The third kappa shape index (κ3) is 5.22. The lowest BCUT2D eigenvalue weighted by Crippen LogP contribution is -2.50. The first kappa shape index (κ1) is 20.8. The van der Waals surface area contributed by atoms with Crippen LogP contribution in [0.15, 0.2) is 29.3 Å². The summed E-state index contributed by atoms with van der Waals surface area (Å²) in [4.78, 5) is 28.0. The van der Waals surface area contributed by atoms with E-state index in [9.17, 15) is 18.4 Å². The minimum Gasteiger partial charge on any atom is -0.481 e. The molecule has 0 radical (unpaired) electrons. The first-order chi connectivity index (χ1) is 12.8. The van der Waals surface area contributed by atoms with Crippen LogP contribution in [0.4, 0.5) is 8.78 Å². The largest absolute Gasteiger partial charge is 0.481 e. The number of nitrogens with zero attached hydrogens (tertiary/aromatic N) is 2. The SMILES string of the molecule is CCOC(=O)CC1=C(C)CCN(NCC(F)(F)c2cccc(OC)n2)C1=O. The fourth-order valence-corrected chi connectivity index (χ4v) is 2.63. The Morgan fingerprint density at radius 3 is 2.81 bits per heavy atom. The second-order valence-electron chi connectivity index (χ2n) is 6.05.